The van der Waals surface area contributed by atoms with Crippen LogP contribution in [0.1, 0.15) is 0 Å². The van der Waals surface area contributed by atoms with Crippen molar-refractivity contribution in [1.82, 2.24) is 9.80 Å². The first-order valence-electron chi connectivity index (χ1n) is 6.68. The molecule has 8 nitrogen and oxygen atoms in total. The van der Waals surface area contributed by atoms with Gasteiger partial charge in [0.1, 0.15) is 0 Å². The summed E-state index contributed by atoms with van der Waals surface area (Å²) in [5.41, 5.74) is 0. The van der Waals surface area contributed by atoms with Gasteiger partial charge in [-0.3, -0.25) is 8.42 Å². The summed E-state index contributed by atoms with van der Waals surface area (Å²) in [5.74, 6) is 0. The van der Waals surface area contributed by atoms with Crippen LogP contribution in [-0.2, 0) is 10.4 Å². The van der Waals surface area contributed by atoms with Gasteiger partial charge in [-0.05, 0) is 12.4 Å². The third-order valence-corrected chi connectivity index (χ3v) is 3.11. The second kappa shape index (κ2) is 9.74. The smallest absolute Gasteiger partial charge is 0.152 e. The van der Waals surface area contributed by atoms with E-state index in [9.17, 15) is 0 Å². The van der Waals surface area contributed by atoms with Crippen LogP contribution in [0.3, 0.4) is 0 Å². The zero-order valence-electron chi connectivity index (χ0n) is 12.7. The summed E-state index contributed by atoms with van der Waals surface area (Å²) in [7, 11) is -0.771. The van der Waals surface area contributed by atoms with Crippen LogP contribution in [0.4, 0.5) is 0 Å². The molecule has 21 heavy (non-hydrogen) atoms. The van der Waals surface area contributed by atoms with Crippen LogP contribution in [0.2, 0.25) is 0 Å². The number of nitrogens with one attached hydrogen (secondary N) is 2. The lowest BCUT2D eigenvalue weighted by Crippen LogP contribution is -3.07. The minimum atomic E-state index is -5.17. The molecular formula is C12H26N4O4S. The zero-order chi connectivity index (χ0) is 16.5. The van der Waals surface area contributed by atoms with Gasteiger partial charge >= 0.3 is 0 Å². The lowest BCUT2D eigenvalue weighted by Gasteiger charge is -2.06. The SMILES string of the molecule is C=CN1CC[NH+](C)C1.C=CN1CC[NH+](C)C1.O=S(=O)([O-])[O-]. The molecule has 2 aliphatic heterocycles. The molecule has 0 bridgehead atoms. The first-order valence-corrected chi connectivity index (χ1v) is 8.01. The largest absolute Gasteiger partial charge is 0.759 e. The van der Waals surface area contributed by atoms with Gasteiger partial charge in [0.25, 0.3) is 0 Å². The number of hydrogen-bond donors (Lipinski definition) is 2. The lowest BCUT2D eigenvalue weighted by atomic mass is 10.6. The van der Waals surface area contributed by atoms with E-state index in [1.165, 1.54) is 26.2 Å². The van der Waals surface area contributed by atoms with Crippen molar-refractivity contribution in [2.24, 2.45) is 0 Å². The summed E-state index contributed by atoms with van der Waals surface area (Å²) in [6.45, 7) is 14.5. The van der Waals surface area contributed by atoms with Gasteiger partial charge in [-0.1, -0.05) is 13.2 Å². The van der Waals surface area contributed by atoms with Crippen LogP contribution in [0.15, 0.2) is 25.6 Å². The quantitative estimate of drug-likeness (QED) is 0.405. The Bertz CT molecular complexity index is 383. The van der Waals surface area contributed by atoms with E-state index >= 15 is 0 Å². The van der Waals surface area contributed by atoms with Crippen LogP contribution in [0.5, 0.6) is 0 Å². The fourth-order valence-electron chi connectivity index (χ4n) is 1.99. The number of rotatable bonds is 2. The van der Waals surface area contributed by atoms with Crippen LogP contribution < -0.4 is 9.80 Å². The van der Waals surface area contributed by atoms with E-state index in [0.717, 1.165) is 13.3 Å². The van der Waals surface area contributed by atoms with Crippen molar-refractivity contribution in [3.8, 4) is 0 Å². The number of hydrogen-bond acceptors (Lipinski definition) is 6. The van der Waals surface area contributed by atoms with Crippen molar-refractivity contribution in [2.75, 3.05) is 53.6 Å². The van der Waals surface area contributed by atoms with E-state index in [2.05, 4.69) is 37.1 Å². The van der Waals surface area contributed by atoms with Crippen LogP contribution >= 0.6 is 0 Å². The molecule has 2 N–H and O–H groups in total. The van der Waals surface area contributed by atoms with E-state index in [-0.39, 0.29) is 0 Å². The topological polar surface area (TPSA) is 95.6 Å². The van der Waals surface area contributed by atoms with Crippen molar-refractivity contribution in [3.05, 3.63) is 25.6 Å². The number of quaternary nitrogens is 2. The average molecular weight is 322 g/mol. The van der Waals surface area contributed by atoms with Crippen molar-refractivity contribution in [3.63, 3.8) is 0 Å². The second-order valence-electron chi connectivity index (χ2n) is 5.13. The molecule has 2 unspecified atom stereocenters. The standard InChI is InChI=1S/2C6H12N2.H2O4S/c2*1-3-8-5-4-7(2)6-8;1-5(2,3)4/h2*3H,1,4-6H2,2H3;(H2,1,2,3,4). The first-order chi connectivity index (χ1) is 9.65. The highest BCUT2D eigenvalue weighted by molar-refractivity contribution is 7.79. The first kappa shape index (κ1) is 19.9. The molecule has 0 aliphatic carbocycles. The second-order valence-corrected chi connectivity index (χ2v) is 5.95. The normalized spacial score (nSPS) is 24.6. The molecule has 2 aliphatic rings. The Morgan fingerprint density at radius 1 is 0.952 bits per heavy atom. The Morgan fingerprint density at radius 2 is 1.24 bits per heavy atom. The molecule has 2 atom stereocenters. The van der Waals surface area contributed by atoms with E-state index < -0.39 is 10.4 Å². The van der Waals surface area contributed by atoms with Gasteiger partial charge in [-0.15, -0.1) is 0 Å². The molecule has 2 heterocycles. The molecule has 9 heteroatoms. The molecule has 2 saturated heterocycles. The van der Waals surface area contributed by atoms with Gasteiger partial charge in [0.05, 0.1) is 40.3 Å². The molecule has 0 saturated carbocycles. The highest BCUT2D eigenvalue weighted by Crippen LogP contribution is 1.85. The lowest BCUT2D eigenvalue weighted by molar-refractivity contribution is -0.870. The highest BCUT2D eigenvalue weighted by Gasteiger charge is 2.15. The molecule has 0 amide bonds. The summed E-state index contributed by atoms with van der Waals surface area (Å²) in [6.07, 6.45) is 3.83. The molecular weight excluding hydrogens is 296 g/mol. The Balaban J connectivity index is 0.000000296. The molecule has 0 aromatic rings. The van der Waals surface area contributed by atoms with Gasteiger partial charge in [-0.2, -0.15) is 0 Å². The average Bonchev–Trinajstić information content (AvgIpc) is 2.96. The van der Waals surface area contributed by atoms with Gasteiger partial charge in [0, 0.05) is 10.4 Å². The fraction of sp³-hybridized carbons (Fsp3) is 0.667. The Hall–Kier alpha value is -1.13. The third-order valence-electron chi connectivity index (χ3n) is 3.11. The minimum Gasteiger partial charge on any atom is -0.759 e. The van der Waals surface area contributed by atoms with Crippen LogP contribution in [-0.4, -0.2) is 80.9 Å². The van der Waals surface area contributed by atoms with E-state index in [4.69, 9.17) is 17.5 Å². The van der Waals surface area contributed by atoms with Crippen molar-refractivity contribution in [1.29, 1.82) is 0 Å². The summed E-state index contributed by atoms with van der Waals surface area (Å²) >= 11 is 0. The molecule has 0 aromatic heterocycles. The predicted octanol–water partition coefficient (Wildman–Crippen LogP) is -3.50. The summed E-state index contributed by atoms with van der Waals surface area (Å²) in [6, 6.07) is 0. The zero-order valence-corrected chi connectivity index (χ0v) is 13.6. The third kappa shape index (κ3) is 12.3. The predicted molar refractivity (Wildman–Crippen MR) is 77.5 cm³/mol. The Labute approximate surface area is 127 Å². The molecule has 2 rings (SSSR count). The molecule has 0 spiro atoms. The van der Waals surface area contributed by atoms with E-state index in [1.54, 1.807) is 9.80 Å². The van der Waals surface area contributed by atoms with Gasteiger partial charge in [0.15, 0.2) is 13.3 Å². The molecule has 0 aromatic carbocycles. The maximum atomic E-state index is 8.52. The molecule has 124 valence electrons. The monoisotopic (exact) mass is 322 g/mol. The summed E-state index contributed by atoms with van der Waals surface area (Å²) < 4.78 is 34.1. The summed E-state index contributed by atoms with van der Waals surface area (Å²) in [4.78, 5) is 7.61. The number of nitrogens with zero attached hydrogens (tertiary/aromatic N) is 2. The molecule has 0 radical (unpaired) electrons. The van der Waals surface area contributed by atoms with Gasteiger partial charge < -0.3 is 28.7 Å². The minimum absolute atomic E-state index is 1.13. The maximum absolute atomic E-state index is 8.52. The number of likely N-dealkylation sites (N-methyl/N-ethyl adjacent to an activating group) is 2. The van der Waals surface area contributed by atoms with Crippen LogP contribution in [0.25, 0.3) is 0 Å². The fourth-order valence-corrected chi connectivity index (χ4v) is 1.99. The van der Waals surface area contributed by atoms with E-state index in [0.29, 0.717) is 0 Å². The van der Waals surface area contributed by atoms with Crippen molar-refractivity contribution in [2.45, 2.75) is 0 Å². The Morgan fingerprint density at radius 3 is 1.33 bits per heavy atom. The van der Waals surface area contributed by atoms with Crippen molar-refractivity contribution >= 4 is 10.4 Å². The molecule has 2 fully saturated rings. The van der Waals surface area contributed by atoms with Crippen LogP contribution in [0, 0.1) is 0 Å². The van der Waals surface area contributed by atoms with Gasteiger partial charge in [-0.25, -0.2) is 0 Å². The Kier molecular flexibility index (Phi) is 9.22. The maximum Gasteiger partial charge on any atom is 0.152 e. The highest BCUT2D eigenvalue weighted by atomic mass is 32.3. The summed E-state index contributed by atoms with van der Waals surface area (Å²) in [5, 5.41) is 0. The van der Waals surface area contributed by atoms with Crippen molar-refractivity contribution < 1.29 is 27.3 Å². The van der Waals surface area contributed by atoms with E-state index in [1.807, 2.05) is 12.4 Å². The van der Waals surface area contributed by atoms with Gasteiger partial charge in [0.2, 0.25) is 0 Å².